The summed E-state index contributed by atoms with van der Waals surface area (Å²) in [6.45, 7) is 0. The molecule has 2 rings (SSSR count). The number of hydrogen-bond acceptors (Lipinski definition) is 6. The minimum atomic E-state index is -0.693. The maximum Gasteiger partial charge on any atom is 0.310 e. The Morgan fingerprint density at radius 2 is 2.05 bits per heavy atom. The van der Waals surface area contributed by atoms with E-state index in [4.69, 9.17) is 0 Å². The molecule has 1 amide bonds. The van der Waals surface area contributed by atoms with Gasteiger partial charge in [0.25, 0.3) is 5.91 Å². The molecule has 2 aromatic rings. The zero-order chi connectivity index (χ0) is 15.2. The number of amides is 1. The summed E-state index contributed by atoms with van der Waals surface area (Å²) in [5, 5.41) is 23.7. The third-order valence-corrected chi connectivity index (χ3v) is 2.52. The first-order valence-electron chi connectivity index (χ1n) is 5.79. The standard InChI is InChI=1S/C13H10N4O4/c18-12-7-9(1-2-11(12)17(20)21)8-15-16-13(19)10-3-5-14-6-4-10/h1-8,18H,(H,16,19). The lowest BCUT2D eigenvalue weighted by Crippen LogP contribution is -2.17. The Bertz CT molecular complexity index is 701. The molecular weight excluding hydrogens is 276 g/mol. The van der Waals surface area contributed by atoms with E-state index in [0.717, 1.165) is 6.07 Å². The average molecular weight is 286 g/mol. The van der Waals surface area contributed by atoms with Crippen molar-refractivity contribution in [2.24, 2.45) is 5.10 Å². The van der Waals surface area contributed by atoms with Gasteiger partial charge in [-0.05, 0) is 29.8 Å². The number of phenols is 1. The van der Waals surface area contributed by atoms with Gasteiger partial charge in [-0.15, -0.1) is 0 Å². The van der Waals surface area contributed by atoms with Crippen molar-refractivity contribution in [2.45, 2.75) is 0 Å². The molecule has 2 N–H and O–H groups in total. The van der Waals surface area contributed by atoms with Gasteiger partial charge in [-0.3, -0.25) is 19.9 Å². The summed E-state index contributed by atoms with van der Waals surface area (Å²) in [4.78, 5) is 25.3. The Balaban J connectivity index is 2.03. The number of phenolic OH excluding ortho intramolecular Hbond substituents is 1. The molecule has 8 heteroatoms. The van der Waals surface area contributed by atoms with Crippen molar-refractivity contribution in [3.8, 4) is 5.75 Å². The van der Waals surface area contributed by atoms with E-state index in [2.05, 4.69) is 15.5 Å². The number of aromatic hydroxyl groups is 1. The molecule has 1 aromatic carbocycles. The highest BCUT2D eigenvalue weighted by atomic mass is 16.6. The number of nitrogens with zero attached hydrogens (tertiary/aromatic N) is 3. The molecule has 0 radical (unpaired) electrons. The summed E-state index contributed by atoms with van der Waals surface area (Å²) < 4.78 is 0. The molecule has 0 aliphatic rings. The molecule has 0 bridgehead atoms. The van der Waals surface area contributed by atoms with E-state index >= 15 is 0 Å². The molecule has 106 valence electrons. The number of rotatable bonds is 4. The van der Waals surface area contributed by atoms with Gasteiger partial charge in [0, 0.05) is 24.0 Å². The van der Waals surface area contributed by atoms with Crippen LogP contribution in [0.2, 0.25) is 0 Å². The van der Waals surface area contributed by atoms with Gasteiger partial charge in [-0.25, -0.2) is 5.43 Å². The lowest BCUT2D eigenvalue weighted by Gasteiger charge is -1.99. The van der Waals surface area contributed by atoms with E-state index in [0.29, 0.717) is 11.1 Å². The molecule has 0 unspecified atom stereocenters. The van der Waals surface area contributed by atoms with Crippen LogP contribution in [0.15, 0.2) is 47.8 Å². The van der Waals surface area contributed by atoms with E-state index in [1.54, 1.807) is 0 Å². The summed E-state index contributed by atoms with van der Waals surface area (Å²) in [5.74, 6) is -0.885. The Kier molecular flexibility index (Phi) is 4.20. The van der Waals surface area contributed by atoms with Crippen LogP contribution in [0.3, 0.4) is 0 Å². The number of pyridine rings is 1. The molecule has 0 saturated heterocycles. The van der Waals surface area contributed by atoms with Gasteiger partial charge in [0.1, 0.15) is 0 Å². The Morgan fingerprint density at radius 3 is 2.67 bits per heavy atom. The highest BCUT2D eigenvalue weighted by Gasteiger charge is 2.12. The second kappa shape index (κ2) is 6.24. The average Bonchev–Trinajstić information content (AvgIpc) is 2.47. The van der Waals surface area contributed by atoms with Crippen LogP contribution in [0.5, 0.6) is 5.75 Å². The maximum absolute atomic E-state index is 11.7. The van der Waals surface area contributed by atoms with Crippen molar-refractivity contribution in [1.29, 1.82) is 0 Å². The highest BCUT2D eigenvalue weighted by molar-refractivity contribution is 5.94. The number of benzene rings is 1. The number of hydrogen-bond donors (Lipinski definition) is 2. The maximum atomic E-state index is 11.7. The summed E-state index contributed by atoms with van der Waals surface area (Å²) in [6.07, 6.45) is 4.22. The second-order valence-electron chi connectivity index (χ2n) is 3.94. The van der Waals surface area contributed by atoms with Gasteiger partial charge in [0.05, 0.1) is 11.1 Å². The quantitative estimate of drug-likeness (QED) is 0.501. The number of carbonyl (C=O) groups excluding carboxylic acids is 1. The van der Waals surface area contributed by atoms with Crippen molar-refractivity contribution in [1.82, 2.24) is 10.4 Å². The summed E-state index contributed by atoms with van der Waals surface area (Å²) in [7, 11) is 0. The SMILES string of the molecule is O=C(NN=Cc1ccc([N+](=O)[O-])c(O)c1)c1ccncc1. The first kappa shape index (κ1) is 14.1. The predicted molar refractivity (Wildman–Crippen MR) is 74.1 cm³/mol. The first-order valence-corrected chi connectivity index (χ1v) is 5.79. The number of nitrogens with one attached hydrogen (secondary N) is 1. The fourth-order valence-electron chi connectivity index (χ4n) is 1.51. The number of hydrazone groups is 1. The molecule has 8 nitrogen and oxygen atoms in total. The lowest BCUT2D eigenvalue weighted by atomic mass is 10.2. The topological polar surface area (TPSA) is 118 Å². The third-order valence-electron chi connectivity index (χ3n) is 2.52. The van der Waals surface area contributed by atoms with Crippen LogP contribution >= 0.6 is 0 Å². The first-order chi connectivity index (χ1) is 10.1. The summed E-state index contributed by atoms with van der Waals surface area (Å²) in [6, 6.07) is 6.80. The van der Waals surface area contributed by atoms with E-state index in [1.165, 1.54) is 42.9 Å². The molecule has 0 aliphatic heterocycles. The Hall–Kier alpha value is -3.29. The van der Waals surface area contributed by atoms with Gasteiger partial charge >= 0.3 is 5.69 Å². The molecule has 0 spiro atoms. The van der Waals surface area contributed by atoms with E-state index in [1.807, 2.05) is 0 Å². The number of nitro benzene ring substituents is 1. The van der Waals surface area contributed by atoms with Crippen molar-refractivity contribution < 1.29 is 14.8 Å². The van der Waals surface area contributed by atoms with Gasteiger partial charge in [-0.1, -0.05) is 0 Å². The number of nitro groups is 1. The second-order valence-corrected chi connectivity index (χ2v) is 3.94. The van der Waals surface area contributed by atoms with Crippen molar-refractivity contribution in [3.63, 3.8) is 0 Å². The van der Waals surface area contributed by atoms with E-state index < -0.39 is 22.3 Å². The minimum absolute atomic E-state index is 0.395. The third kappa shape index (κ3) is 3.60. The smallest absolute Gasteiger partial charge is 0.310 e. The van der Waals surface area contributed by atoms with Gasteiger partial charge in [0.2, 0.25) is 0 Å². The molecule has 1 aromatic heterocycles. The monoisotopic (exact) mass is 286 g/mol. The Labute approximate surface area is 118 Å². The molecule has 0 aliphatic carbocycles. The molecular formula is C13H10N4O4. The van der Waals surface area contributed by atoms with Crippen LogP contribution < -0.4 is 5.43 Å². The van der Waals surface area contributed by atoms with E-state index in [-0.39, 0.29) is 0 Å². The molecule has 1 heterocycles. The van der Waals surface area contributed by atoms with Crippen molar-refractivity contribution >= 4 is 17.8 Å². The zero-order valence-electron chi connectivity index (χ0n) is 10.6. The lowest BCUT2D eigenvalue weighted by molar-refractivity contribution is -0.385. The van der Waals surface area contributed by atoms with Crippen LogP contribution in [0.1, 0.15) is 15.9 Å². The number of aromatic nitrogens is 1. The van der Waals surface area contributed by atoms with Gasteiger partial charge < -0.3 is 5.11 Å². The molecule has 0 saturated carbocycles. The highest BCUT2D eigenvalue weighted by Crippen LogP contribution is 2.25. The fraction of sp³-hybridized carbons (Fsp3) is 0. The fourth-order valence-corrected chi connectivity index (χ4v) is 1.51. The minimum Gasteiger partial charge on any atom is -0.502 e. The Morgan fingerprint density at radius 1 is 1.33 bits per heavy atom. The molecule has 0 fully saturated rings. The normalized spacial score (nSPS) is 10.5. The zero-order valence-corrected chi connectivity index (χ0v) is 10.6. The van der Waals surface area contributed by atoms with Crippen LogP contribution in [0, 0.1) is 10.1 Å². The molecule has 21 heavy (non-hydrogen) atoms. The summed E-state index contributed by atoms with van der Waals surface area (Å²) >= 11 is 0. The van der Waals surface area contributed by atoms with E-state index in [9.17, 15) is 20.0 Å². The largest absolute Gasteiger partial charge is 0.502 e. The summed E-state index contributed by atoms with van der Waals surface area (Å²) in [5.41, 5.74) is 2.70. The number of carbonyl (C=O) groups is 1. The van der Waals surface area contributed by atoms with Crippen LogP contribution in [-0.2, 0) is 0 Å². The van der Waals surface area contributed by atoms with Crippen LogP contribution in [0.25, 0.3) is 0 Å². The van der Waals surface area contributed by atoms with Crippen LogP contribution in [0.4, 0.5) is 5.69 Å². The van der Waals surface area contributed by atoms with Crippen LogP contribution in [-0.4, -0.2) is 27.1 Å². The molecule has 0 atom stereocenters. The van der Waals surface area contributed by atoms with Gasteiger partial charge in [-0.2, -0.15) is 5.10 Å². The van der Waals surface area contributed by atoms with Crippen molar-refractivity contribution in [2.75, 3.05) is 0 Å². The van der Waals surface area contributed by atoms with Crippen molar-refractivity contribution in [3.05, 3.63) is 64.0 Å². The van der Waals surface area contributed by atoms with Gasteiger partial charge in [0.15, 0.2) is 5.75 Å². The predicted octanol–water partition coefficient (Wildman–Crippen LogP) is 1.46.